The fourth-order valence-corrected chi connectivity index (χ4v) is 3.91. The Morgan fingerprint density at radius 2 is 1.92 bits per heavy atom. The number of aryl methyl sites for hydroxylation is 1. The molecule has 8 heteroatoms. The second-order valence-electron chi connectivity index (χ2n) is 5.88. The average Bonchev–Trinajstić information content (AvgIpc) is 2.64. The van der Waals surface area contributed by atoms with E-state index in [-0.39, 0.29) is 4.90 Å². The number of sulfonamides is 1. The molecule has 0 spiro atoms. The summed E-state index contributed by atoms with van der Waals surface area (Å²) in [7, 11) is -3.49. The van der Waals surface area contributed by atoms with Crippen LogP contribution in [0, 0.1) is 6.92 Å². The molecule has 25 heavy (non-hydrogen) atoms. The first-order chi connectivity index (χ1) is 12.1. The van der Waals surface area contributed by atoms with Gasteiger partial charge in [0.2, 0.25) is 10.0 Å². The zero-order valence-corrected chi connectivity index (χ0v) is 15.0. The fourth-order valence-electron chi connectivity index (χ4n) is 2.55. The normalized spacial score (nSPS) is 15.9. The molecule has 0 amide bonds. The highest BCUT2D eigenvalue weighted by Crippen LogP contribution is 2.17. The summed E-state index contributed by atoms with van der Waals surface area (Å²) in [6, 6.07) is 7.32. The molecule has 3 rings (SSSR count). The second kappa shape index (κ2) is 7.90. The average molecular weight is 362 g/mol. The van der Waals surface area contributed by atoms with Gasteiger partial charge in [-0.1, -0.05) is 6.07 Å². The summed E-state index contributed by atoms with van der Waals surface area (Å²) < 4.78 is 31.7. The van der Waals surface area contributed by atoms with E-state index in [1.54, 1.807) is 12.1 Å². The molecule has 0 radical (unpaired) electrons. The lowest BCUT2D eigenvalue weighted by Crippen LogP contribution is -2.40. The standard InChI is InChI=1S/C17H22N4O3S/c1-14-2-3-15(12-19-14)6-7-18-17-5-4-16(13-20-17)25(22,23)21-8-10-24-11-9-21/h2-5,12-13H,6-11H2,1H3,(H,18,20). The summed E-state index contributed by atoms with van der Waals surface area (Å²) in [5.41, 5.74) is 2.14. The lowest BCUT2D eigenvalue weighted by molar-refractivity contribution is 0.0730. The van der Waals surface area contributed by atoms with Crippen LogP contribution in [0.1, 0.15) is 11.3 Å². The summed E-state index contributed by atoms with van der Waals surface area (Å²) >= 11 is 0. The van der Waals surface area contributed by atoms with Crippen LogP contribution in [-0.4, -0.2) is 55.5 Å². The van der Waals surface area contributed by atoms with Crippen LogP contribution < -0.4 is 5.32 Å². The minimum absolute atomic E-state index is 0.211. The van der Waals surface area contributed by atoms with Crippen molar-refractivity contribution in [3.63, 3.8) is 0 Å². The van der Waals surface area contributed by atoms with Gasteiger partial charge in [0.25, 0.3) is 0 Å². The monoisotopic (exact) mass is 362 g/mol. The number of nitrogens with one attached hydrogen (secondary N) is 1. The molecular formula is C17H22N4O3S. The van der Waals surface area contributed by atoms with E-state index in [1.165, 1.54) is 10.5 Å². The van der Waals surface area contributed by atoms with Crippen molar-refractivity contribution in [1.29, 1.82) is 0 Å². The van der Waals surface area contributed by atoms with Gasteiger partial charge in [0.1, 0.15) is 10.7 Å². The van der Waals surface area contributed by atoms with Crippen LogP contribution in [-0.2, 0) is 21.2 Å². The molecule has 2 aromatic heterocycles. The zero-order valence-electron chi connectivity index (χ0n) is 14.2. The van der Waals surface area contributed by atoms with Gasteiger partial charge < -0.3 is 10.1 Å². The van der Waals surface area contributed by atoms with E-state index in [4.69, 9.17) is 4.74 Å². The van der Waals surface area contributed by atoms with Crippen molar-refractivity contribution in [3.05, 3.63) is 47.9 Å². The predicted molar refractivity (Wildman–Crippen MR) is 95.0 cm³/mol. The summed E-state index contributed by atoms with van der Waals surface area (Å²) in [6.45, 7) is 4.28. The number of aromatic nitrogens is 2. The molecule has 0 bridgehead atoms. The van der Waals surface area contributed by atoms with Gasteiger partial charge in [0.15, 0.2) is 0 Å². The van der Waals surface area contributed by atoms with E-state index in [0.717, 1.165) is 17.7 Å². The smallest absolute Gasteiger partial charge is 0.244 e. The Morgan fingerprint density at radius 3 is 2.56 bits per heavy atom. The van der Waals surface area contributed by atoms with Crippen LogP contribution in [0.5, 0.6) is 0 Å². The molecule has 2 aromatic rings. The molecule has 0 aliphatic carbocycles. The number of anilines is 1. The number of hydrogen-bond donors (Lipinski definition) is 1. The molecule has 1 N–H and O–H groups in total. The number of hydrogen-bond acceptors (Lipinski definition) is 6. The number of morpholine rings is 1. The maximum Gasteiger partial charge on any atom is 0.244 e. The zero-order chi connectivity index (χ0) is 17.7. The lowest BCUT2D eigenvalue weighted by Gasteiger charge is -2.25. The number of nitrogens with zero attached hydrogens (tertiary/aromatic N) is 3. The maximum absolute atomic E-state index is 12.5. The molecule has 1 saturated heterocycles. The van der Waals surface area contributed by atoms with Crippen LogP contribution in [0.25, 0.3) is 0 Å². The van der Waals surface area contributed by atoms with Gasteiger partial charge in [0.05, 0.1) is 13.2 Å². The topological polar surface area (TPSA) is 84.4 Å². The van der Waals surface area contributed by atoms with E-state index < -0.39 is 10.0 Å². The fraction of sp³-hybridized carbons (Fsp3) is 0.412. The molecule has 1 fully saturated rings. The van der Waals surface area contributed by atoms with Crippen molar-refractivity contribution in [2.45, 2.75) is 18.2 Å². The quantitative estimate of drug-likeness (QED) is 0.837. The van der Waals surface area contributed by atoms with Crippen molar-refractivity contribution >= 4 is 15.8 Å². The molecule has 1 aliphatic heterocycles. The summed E-state index contributed by atoms with van der Waals surface area (Å²) in [4.78, 5) is 8.70. The third-order valence-corrected chi connectivity index (χ3v) is 5.92. The van der Waals surface area contributed by atoms with Crippen LogP contribution in [0.4, 0.5) is 5.82 Å². The van der Waals surface area contributed by atoms with E-state index >= 15 is 0 Å². The van der Waals surface area contributed by atoms with Crippen LogP contribution >= 0.6 is 0 Å². The van der Waals surface area contributed by atoms with Gasteiger partial charge in [-0.25, -0.2) is 13.4 Å². The van der Waals surface area contributed by atoms with Gasteiger partial charge in [-0.3, -0.25) is 4.98 Å². The highest BCUT2D eigenvalue weighted by atomic mass is 32.2. The SMILES string of the molecule is Cc1ccc(CCNc2ccc(S(=O)(=O)N3CCOCC3)cn2)cn1. The number of ether oxygens (including phenoxy) is 1. The Balaban J connectivity index is 1.57. The lowest BCUT2D eigenvalue weighted by atomic mass is 10.2. The summed E-state index contributed by atoms with van der Waals surface area (Å²) in [5, 5.41) is 3.20. The third-order valence-electron chi connectivity index (χ3n) is 4.04. The van der Waals surface area contributed by atoms with Crippen molar-refractivity contribution < 1.29 is 13.2 Å². The number of pyridine rings is 2. The minimum Gasteiger partial charge on any atom is -0.379 e. The molecule has 0 saturated carbocycles. The van der Waals surface area contributed by atoms with Crippen LogP contribution in [0.15, 0.2) is 41.6 Å². The Morgan fingerprint density at radius 1 is 1.12 bits per heavy atom. The predicted octanol–water partition coefficient (Wildman–Crippen LogP) is 1.46. The number of rotatable bonds is 6. The second-order valence-corrected chi connectivity index (χ2v) is 7.82. The summed E-state index contributed by atoms with van der Waals surface area (Å²) in [6.07, 6.45) is 4.09. The molecule has 1 aliphatic rings. The maximum atomic E-state index is 12.5. The van der Waals surface area contributed by atoms with Gasteiger partial charge in [0, 0.05) is 37.7 Å². The Kier molecular flexibility index (Phi) is 5.62. The first-order valence-corrected chi connectivity index (χ1v) is 9.69. The molecular weight excluding hydrogens is 340 g/mol. The minimum atomic E-state index is -3.49. The first-order valence-electron chi connectivity index (χ1n) is 8.25. The van der Waals surface area contributed by atoms with Crippen molar-refractivity contribution in [3.8, 4) is 0 Å². The molecule has 7 nitrogen and oxygen atoms in total. The molecule has 134 valence electrons. The van der Waals surface area contributed by atoms with Gasteiger partial charge >= 0.3 is 0 Å². The third kappa shape index (κ3) is 4.53. The highest BCUT2D eigenvalue weighted by molar-refractivity contribution is 7.89. The van der Waals surface area contributed by atoms with Gasteiger partial charge in [-0.15, -0.1) is 0 Å². The van der Waals surface area contributed by atoms with Crippen LogP contribution in [0.2, 0.25) is 0 Å². The Labute approximate surface area is 148 Å². The molecule has 0 atom stereocenters. The van der Waals surface area contributed by atoms with Crippen molar-refractivity contribution in [2.24, 2.45) is 0 Å². The van der Waals surface area contributed by atoms with Gasteiger partial charge in [-0.05, 0) is 37.1 Å². The Bertz CT molecular complexity index is 786. The van der Waals surface area contributed by atoms with Gasteiger partial charge in [-0.2, -0.15) is 4.31 Å². The van der Waals surface area contributed by atoms with E-state index in [1.807, 2.05) is 19.2 Å². The van der Waals surface area contributed by atoms with Crippen molar-refractivity contribution in [1.82, 2.24) is 14.3 Å². The van der Waals surface area contributed by atoms with Crippen molar-refractivity contribution in [2.75, 3.05) is 38.2 Å². The highest BCUT2D eigenvalue weighted by Gasteiger charge is 2.26. The van der Waals surface area contributed by atoms with E-state index in [2.05, 4.69) is 21.4 Å². The summed E-state index contributed by atoms with van der Waals surface area (Å²) in [5.74, 6) is 0.654. The largest absolute Gasteiger partial charge is 0.379 e. The van der Waals surface area contributed by atoms with E-state index in [0.29, 0.717) is 38.7 Å². The molecule has 0 unspecified atom stereocenters. The molecule has 3 heterocycles. The first kappa shape index (κ1) is 17.8. The molecule has 0 aromatic carbocycles. The van der Waals surface area contributed by atoms with E-state index in [9.17, 15) is 8.42 Å². The Hall–Kier alpha value is -2.03. The van der Waals surface area contributed by atoms with Crippen LogP contribution in [0.3, 0.4) is 0 Å².